The van der Waals surface area contributed by atoms with Crippen molar-refractivity contribution in [2.75, 3.05) is 40.1 Å². The van der Waals surface area contributed by atoms with Crippen molar-refractivity contribution in [3.05, 3.63) is 40.9 Å². The van der Waals surface area contributed by atoms with Crippen molar-refractivity contribution in [3.63, 3.8) is 0 Å². The van der Waals surface area contributed by atoms with Crippen LogP contribution in [0.5, 0.6) is 5.75 Å². The van der Waals surface area contributed by atoms with Gasteiger partial charge in [-0.3, -0.25) is 0 Å². The first-order chi connectivity index (χ1) is 15.8. The lowest BCUT2D eigenvalue weighted by molar-refractivity contribution is -0.140. The maximum absolute atomic E-state index is 13.7. The lowest BCUT2D eigenvalue weighted by Crippen LogP contribution is -2.33. The minimum absolute atomic E-state index is 0.0348. The Morgan fingerprint density at radius 2 is 2.06 bits per heavy atom. The minimum Gasteiger partial charge on any atom is -0.493 e. The lowest BCUT2D eigenvalue weighted by Gasteiger charge is -2.28. The Hall–Kier alpha value is -2.47. The molecule has 2 aliphatic rings. The van der Waals surface area contributed by atoms with E-state index < -0.39 is 17.5 Å². The van der Waals surface area contributed by atoms with Crippen molar-refractivity contribution in [2.24, 2.45) is 5.92 Å². The van der Waals surface area contributed by atoms with Crippen LogP contribution in [-0.2, 0) is 26.0 Å². The monoisotopic (exact) mass is 484 g/mol. The van der Waals surface area contributed by atoms with E-state index in [-0.39, 0.29) is 34.4 Å². The smallest absolute Gasteiger partial charge is 0.435 e. The third kappa shape index (κ3) is 4.14. The van der Waals surface area contributed by atoms with Gasteiger partial charge in [0.25, 0.3) is 0 Å². The molecule has 2 saturated heterocycles. The van der Waals surface area contributed by atoms with Gasteiger partial charge in [0, 0.05) is 50.5 Å². The van der Waals surface area contributed by atoms with E-state index in [1.165, 1.54) is 6.07 Å². The Kier molecular flexibility index (Phi) is 5.68. The summed E-state index contributed by atoms with van der Waals surface area (Å²) in [6.07, 6.45) is -3.09. The molecule has 2 aliphatic heterocycles. The second-order valence-corrected chi connectivity index (χ2v) is 8.43. The summed E-state index contributed by atoms with van der Waals surface area (Å²) in [5.41, 5.74) is -1.31. The Labute approximate surface area is 191 Å². The third-order valence-corrected chi connectivity index (χ3v) is 6.05. The molecule has 0 saturated carbocycles. The van der Waals surface area contributed by atoms with Crippen molar-refractivity contribution >= 4 is 22.5 Å². The van der Waals surface area contributed by atoms with Gasteiger partial charge in [-0.15, -0.1) is 0 Å². The molecule has 0 amide bonds. The molecule has 0 radical (unpaired) electrons. The maximum Gasteiger partial charge on any atom is 0.435 e. The van der Waals surface area contributed by atoms with E-state index in [9.17, 15) is 13.2 Å². The first kappa shape index (κ1) is 22.3. The van der Waals surface area contributed by atoms with Gasteiger partial charge >= 0.3 is 6.18 Å². The van der Waals surface area contributed by atoms with Crippen LogP contribution in [0.25, 0.3) is 16.7 Å². The molecule has 176 valence electrons. The van der Waals surface area contributed by atoms with Crippen LogP contribution in [-0.4, -0.2) is 59.9 Å². The highest BCUT2D eigenvalue weighted by atomic mass is 35.5. The fourth-order valence-electron chi connectivity index (χ4n) is 3.90. The molecule has 0 N–H and O–H groups in total. The molecule has 0 spiro atoms. The number of ether oxygens (including phenoxy) is 4. The molecular formula is C21H20ClF3N4O4. The number of methoxy groups -OCH3 is 1. The van der Waals surface area contributed by atoms with Gasteiger partial charge in [-0.2, -0.15) is 18.3 Å². The van der Waals surface area contributed by atoms with Crippen LogP contribution in [0, 0.1) is 5.92 Å². The SMILES string of the molecule is CO[C@@]1(c2cc(OCC3COC3)cc(-n3nc(C(F)(F)F)c4cnc(Cl)cc43)n2)CCOC1. The van der Waals surface area contributed by atoms with Crippen LogP contribution in [0.15, 0.2) is 24.4 Å². The van der Waals surface area contributed by atoms with E-state index in [1.807, 2.05) is 0 Å². The van der Waals surface area contributed by atoms with Gasteiger partial charge < -0.3 is 18.9 Å². The highest BCUT2D eigenvalue weighted by molar-refractivity contribution is 6.30. The average Bonchev–Trinajstić information content (AvgIpc) is 3.37. The summed E-state index contributed by atoms with van der Waals surface area (Å²) in [7, 11) is 1.55. The number of aromatic nitrogens is 4. The van der Waals surface area contributed by atoms with Gasteiger partial charge in [-0.25, -0.2) is 14.6 Å². The Balaban J connectivity index is 1.66. The summed E-state index contributed by atoms with van der Waals surface area (Å²) in [6, 6.07) is 4.60. The minimum atomic E-state index is -4.69. The third-order valence-electron chi connectivity index (χ3n) is 5.84. The summed E-state index contributed by atoms with van der Waals surface area (Å²) in [4.78, 5) is 8.42. The molecule has 0 bridgehead atoms. The van der Waals surface area contributed by atoms with Crippen molar-refractivity contribution in [1.82, 2.24) is 19.7 Å². The standard InChI is InChI=1S/C21H20ClF3N4O4/c1-30-20(2-3-31-11-20)16-4-13(33-10-12-8-32-9-12)5-18(27-16)29-15-6-17(22)26-7-14(15)19(28-29)21(23,24)25/h4-7,12H,2-3,8-11H2,1H3/t20-/m0/s1. The Bertz CT molecular complexity index is 1180. The van der Waals surface area contributed by atoms with Crippen LogP contribution in [0.3, 0.4) is 0 Å². The molecule has 3 aromatic heterocycles. The maximum atomic E-state index is 13.7. The van der Waals surface area contributed by atoms with Gasteiger partial charge in [0.2, 0.25) is 0 Å². The van der Waals surface area contributed by atoms with E-state index >= 15 is 0 Å². The van der Waals surface area contributed by atoms with Crippen molar-refractivity contribution < 1.29 is 32.1 Å². The topological polar surface area (TPSA) is 80.5 Å². The van der Waals surface area contributed by atoms with E-state index in [0.717, 1.165) is 10.9 Å². The van der Waals surface area contributed by atoms with Crippen molar-refractivity contribution in [2.45, 2.75) is 18.2 Å². The number of hydrogen-bond acceptors (Lipinski definition) is 7. The van der Waals surface area contributed by atoms with E-state index in [2.05, 4.69) is 15.1 Å². The molecule has 2 fully saturated rings. The fraction of sp³-hybridized carbons (Fsp3) is 0.476. The first-order valence-corrected chi connectivity index (χ1v) is 10.6. The van der Waals surface area contributed by atoms with E-state index in [1.54, 1.807) is 19.2 Å². The number of hydrogen-bond donors (Lipinski definition) is 0. The van der Waals surface area contributed by atoms with Crippen LogP contribution in [0.1, 0.15) is 17.8 Å². The number of pyridine rings is 2. The van der Waals surface area contributed by atoms with Gasteiger partial charge in [-0.05, 0) is 0 Å². The second-order valence-electron chi connectivity index (χ2n) is 8.04. The molecule has 8 nitrogen and oxygen atoms in total. The predicted octanol–water partition coefficient (Wildman–Crippen LogP) is 3.77. The van der Waals surface area contributed by atoms with Crippen LogP contribution in [0.4, 0.5) is 13.2 Å². The molecule has 0 unspecified atom stereocenters. The molecule has 33 heavy (non-hydrogen) atoms. The summed E-state index contributed by atoms with van der Waals surface area (Å²) in [5.74, 6) is 0.824. The number of fused-ring (bicyclic) bond motifs is 1. The molecule has 0 aliphatic carbocycles. The Morgan fingerprint density at radius 1 is 1.24 bits per heavy atom. The fourth-order valence-corrected chi connectivity index (χ4v) is 4.05. The molecular weight excluding hydrogens is 465 g/mol. The van der Waals surface area contributed by atoms with Gasteiger partial charge in [0.15, 0.2) is 11.5 Å². The molecule has 5 rings (SSSR count). The van der Waals surface area contributed by atoms with Crippen molar-refractivity contribution in [3.8, 4) is 11.6 Å². The van der Waals surface area contributed by atoms with E-state index in [0.29, 0.717) is 44.3 Å². The van der Waals surface area contributed by atoms with Gasteiger partial charge in [0.05, 0.1) is 43.0 Å². The number of rotatable bonds is 6. The summed E-state index contributed by atoms with van der Waals surface area (Å²) < 4.78 is 64.6. The highest BCUT2D eigenvalue weighted by Gasteiger charge is 2.40. The predicted molar refractivity (Wildman–Crippen MR) is 111 cm³/mol. The lowest BCUT2D eigenvalue weighted by atomic mass is 9.97. The molecule has 12 heteroatoms. The normalized spacial score (nSPS) is 21.5. The summed E-state index contributed by atoms with van der Waals surface area (Å²) in [6.45, 7) is 2.34. The van der Waals surface area contributed by atoms with Crippen LogP contribution >= 0.6 is 11.6 Å². The number of nitrogens with zero attached hydrogens (tertiary/aromatic N) is 4. The summed E-state index contributed by atoms with van der Waals surface area (Å²) in [5, 5.41) is 3.69. The van der Waals surface area contributed by atoms with Crippen molar-refractivity contribution in [1.29, 1.82) is 0 Å². The number of alkyl halides is 3. The van der Waals surface area contributed by atoms with Gasteiger partial charge in [-0.1, -0.05) is 11.6 Å². The molecule has 1 atom stereocenters. The van der Waals surface area contributed by atoms with Gasteiger partial charge in [0.1, 0.15) is 16.5 Å². The van der Waals surface area contributed by atoms with Crippen LogP contribution < -0.4 is 4.74 Å². The zero-order valence-electron chi connectivity index (χ0n) is 17.6. The Morgan fingerprint density at radius 3 is 2.70 bits per heavy atom. The molecule has 0 aromatic carbocycles. The highest BCUT2D eigenvalue weighted by Crippen LogP contribution is 2.38. The second kappa shape index (κ2) is 8.39. The van der Waals surface area contributed by atoms with E-state index in [4.69, 9.17) is 30.5 Å². The zero-order chi connectivity index (χ0) is 23.2. The largest absolute Gasteiger partial charge is 0.493 e. The quantitative estimate of drug-likeness (QED) is 0.493. The molecule has 3 aromatic rings. The first-order valence-electron chi connectivity index (χ1n) is 10.3. The zero-order valence-corrected chi connectivity index (χ0v) is 18.3. The summed E-state index contributed by atoms with van der Waals surface area (Å²) >= 11 is 5.99. The van der Waals surface area contributed by atoms with Crippen LogP contribution in [0.2, 0.25) is 5.15 Å². The molecule has 5 heterocycles. The number of halogens is 4. The average molecular weight is 485 g/mol.